The molecule has 130 valence electrons. The lowest BCUT2D eigenvalue weighted by Gasteiger charge is -2.26. The van der Waals surface area contributed by atoms with Gasteiger partial charge < -0.3 is 15.2 Å². The summed E-state index contributed by atoms with van der Waals surface area (Å²) in [6.45, 7) is 1.97. The molecule has 2 bridgehead atoms. The Bertz CT molecular complexity index is 683. The predicted molar refractivity (Wildman–Crippen MR) is 89.1 cm³/mol. The fraction of sp³-hybridized carbons (Fsp3) is 0.588. The summed E-state index contributed by atoms with van der Waals surface area (Å²) in [5.41, 5.74) is 0.336. The van der Waals surface area contributed by atoms with Crippen LogP contribution in [0.25, 0.3) is 0 Å². The normalized spacial score (nSPS) is 27.9. The van der Waals surface area contributed by atoms with Crippen LogP contribution in [0.3, 0.4) is 0 Å². The number of carbonyl (C=O) groups is 3. The van der Waals surface area contributed by atoms with E-state index in [1.807, 2.05) is 6.92 Å². The van der Waals surface area contributed by atoms with Crippen molar-refractivity contribution in [2.45, 2.75) is 32.6 Å². The molecule has 0 aromatic carbocycles. The minimum absolute atomic E-state index is 0.0952. The van der Waals surface area contributed by atoms with E-state index in [2.05, 4.69) is 5.32 Å². The van der Waals surface area contributed by atoms with E-state index >= 15 is 0 Å². The van der Waals surface area contributed by atoms with E-state index in [1.54, 1.807) is 6.07 Å². The summed E-state index contributed by atoms with van der Waals surface area (Å²) < 4.78 is 4.77. The lowest BCUT2D eigenvalue weighted by Crippen LogP contribution is -2.37. The van der Waals surface area contributed by atoms with Gasteiger partial charge in [0.15, 0.2) is 0 Å². The van der Waals surface area contributed by atoms with Crippen molar-refractivity contribution in [2.24, 2.45) is 23.7 Å². The van der Waals surface area contributed by atoms with Gasteiger partial charge in [0, 0.05) is 4.88 Å². The third-order valence-electron chi connectivity index (χ3n) is 5.28. The van der Waals surface area contributed by atoms with Crippen LogP contribution >= 0.6 is 11.3 Å². The van der Waals surface area contributed by atoms with Crippen molar-refractivity contribution in [2.75, 3.05) is 12.4 Å². The van der Waals surface area contributed by atoms with Gasteiger partial charge in [-0.15, -0.1) is 11.3 Å². The highest BCUT2D eigenvalue weighted by Crippen LogP contribution is 2.52. The molecule has 1 heterocycles. The molecule has 4 atom stereocenters. The zero-order valence-electron chi connectivity index (χ0n) is 13.7. The topological polar surface area (TPSA) is 92.7 Å². The third-order valence-corrected chi connectivity index (χ3v) is 6.47. The highest BCUT2D eigenvalue weighted by Gasteiger charge is 2.54. The fourth-order valence-electron chi connectivity index (χ4n) is 4.19. The lowest BCUT2D eigenvalue weighted by atomic mass is 9.79. The number of ether oxygens (including phenoxy) is 1. The minimum Gasteiger partial charge on any atom is -0.481 e. The Kier molecular flexibility index (Phi) is 4.62. The second-order valence-corrected chi connectivity index (χ2v) is 7.65. The van der Waals surface area contributed by atoms with Crippen molar-refractivity contribution in [1.29, 1.82) is 0 Å². The summed E-state index contributed by atoms with van der Waals surface area (Å²) in [7, 11) is 1.30. The van der Waals surface area contributed by atoms with Gasteiger partial charge >= 0.3 is 11.9 Å². The van der Waals surface area contributed by atoms with Crippen LogP contribution in [0.4, 0.5) is 5.00 Å². The van der Waals surface area contributed by atoms with Gasteiger partial charge in [0.05, 0.1) is 24.5 Å². The second kappa shape index (κ2) is 6.55. The van der Waals surface area contributed by atoms with Crippen molar-refractivity contribution in [3.63, 3.8) is 0 Å². The van der Waals surface area contributed by atoms with E-state index in [9.17, 15) is 19.5 Å². The molecule has 0 spiro atoms. The number of anilines is 1. The monoisotopic (exact) mass is 351 g/mol. The Balaban J connectivity index is 1.83. The molecule has 0 radical (unpaired) electrons. The molecule has 7 heteroatoms. The quantitative estimate of drug-likeness (QED) is 0.796. The van der Waals surface area contributed by atoms with E-state index in [-0.39, 0.29) is 17.7 Å². The molecule has 2 saturated carbocycles. The number of amides is 1. The molecule has 6 nitrogen and oxygen atoms in total. The van der Waals surface area contributed by atoms with Gasteiger partial charge in [0.25, 0.3) is 0 Å². The molecule has 0 saturated heterocycles. The van der Waals surface area contributed by atoms with E-state index < -0.39 is 23.8 Å². The van der Waals surface area contributed by atoms with Crippen molar-refractivity contribution in [1.82, 2.24) is 0 Å². The number of thiophene rings is 1. The fourth-order valence-corrected chi connectivity index (χ4v) is 5.18. The largest absolute Gasteiger partial charge is 0.481 e. The summed E-state index contributed by atoms with van der Waals surface area (Å²) in [4.78, 5) is 37.2. The molecule has 1 aromatic heterocycles. The summed E-state index contributed by atoms with van der Waals surface area (Å²) in [5, 5.41) is 12.8. The van der Waals surface area contributed by atoms with Crippen LogP contribution < -0.4 is 5.32 Å². The maximum absolute atomic E-state index is 12.8. The van der Waals surface area contributed by atoms with Crippen molar-refractivity contribution in [3.05, 3.63) is 16.5 Å². The Morgan fingerprint density at radius 2 is 1.96 bits per heavy atom. The highest BCUT2D eigenvalue weighted by molar-refractivity contribution is 7.16. The SMILES string of the molecule is CCc1cc(C(=O)OC)c(NC(=O)[C@@H]2[C@H]3CC[C@@H](C3)[C@@H]2C(=O)O)s1. The number of aliphatic carboxylic acids is 1. The average molecular weight is 351 g/mol. The maximum atomic E-state index is 12.8. The van der Waals surface area contributed by atoms with Crippen LogP contribution in [-0.4, -0.2) is 30.1 Å². The number of aryl methyl sites for hydroxylation is 1. The zero-order valence-corrected chi connectivity index (χ0v) is 14.5. The van der Waals surface area contributed by atoms with Crippen LogP contribution in [-0.2, 0) is 20.7 Å². The molecular formula is C17H21NO5S. The first-order valence-electron chi connectivity index (χ1n) is 8.20. The van der Waals surface area contributed by atoms with Crippen molar-refractivity contribution in [3.8, 4) is 0 Å². The first kappa shape index (κ1) is 17.0. The molecule has 2 fully saturated rings. The smallest absolute Gasteiger partial charge is 0.340 e. The number of carboxylic acid groups (broad SMARTS) is 1. The number of carboxylic acids is 1. The molecule has 1 amide bonds. The van der Waals surface area contributed by atoms with Gasteiger partial charge in [0.1, 0.15) is 5.00 Å². The van der Waals surface area contributed by atoms with E-state index in [1.165, 1.54) is 18.4 Å². The first-order valence-corrected chi connectivity index (χ1v) is 9.02. The summed E-state index contributed by atoms with van der Waals surface area (Å²) >= 11 is 1.34. The van der Waals surface area contributed by atoms with Crippen LogP contribution in [0, 0.1) is 23.7 Å². The third kappa shape index (κ3) is 2.81. The van der Waals surface area contributed by atoms with Crippen LogP contribution in [0.15, 0.2) is 6.07 Å². The van der Waals surface area contributed by atoms with E-state index in [0.29, 0.717) is 10.6 Å². The molecule has 24 heavy (non-hydrogen) atoms. The van der Waals surface area contributed by atoms with Crippen LogP contribution in [0.2, 0.25) is 0 Å². The number of methoxy groups -OCH3 is 1. The minimum atomic E-state index is -0.893. The molecule has 2 N–H and O–H groups in total. The van der Waals surface area contributed by atoms with E-state index in [4.69, 9.17) is 4.74 Å². The van der Waals surface area contributed by atoms with Crippen LogP contribution in [0.5, 0.6) is 0 Å². The number of hydrogen-bond donors (Lipinski definition) is 2. The highest BCUT2D eigenvalue weighted by atomic mass is 32.1. The van der Waals surface area contributed by atoms with Crippen molar-refractivity contribution >= 4 is 34.2 Å². The summed E-state index contributed by atoms with van der Waals surface area (Å²) in [6, 6.07) is 1.72. The summed E-state index contributed by atoms with van der Waals surface area (Å²) in [5.74, 6) is -2.58. The van der Waals surface area contributed by atoms with Gasteiger partial charge in [-0.3, -0.25) is 9.59 Å². The van der Waals surface area contributed by atoms with Gasteiger partial charge in [-0.1, -0.05) is 6.92 Å². The van der Waals surface area contributed by atoms with Crippen molar-refractivity contribution < 1.29 is 24.2 Å². The number of hydrogen-bond acceptors (Lipinski definition) is 5. The number of esters is 1. The van der Waals surface area contributed by atoms with Gasteiger partial charge in [-0.25, -0.2) is 4.79 Å². The molecule has 2 aliphatic rings. The zero-order chi connectivity index (χ0) is 17.4. The first-order chi connectivity index (χ1) is 11.5. The standard InChI is InChI=1S/C17H21NO5S/c1-3-10-7-11(17(22)23-2)15(24-10)18-14(19)12-8-4-5-9(6-8)13(12)16(20)21/h7-9,12-13H,3-6H2,1-2H3,(H,18,19)(H,20,21)/t8-,9-,12+,13-/m0/s1. The second-order valence-electron chi connectivity index (χ2n) is 6.51. The number of nitrogens with one attached hydrogen (secondary N) is 1. The van der Waals surface area contributed by atoms with E-state index in [0.717, 1.165) is 30.6 Å². The molecule has 0 aliphatic heterocycles. The number of rotatable bonds is 5. The Morgan fingerprint density at radius 1 is 1.29 bits per heavy atom. The summed E-state index contributed by atoms with van der Waals surface area (Å²) in [6.07, 6.45) is 3.35. The molecule has 1 aromatic rings. The number of carbonyl (C=O) groups excluding carboxylic acids is 2. The van der Waals surface area contributed by atoms with Gasteiger partial charge in [-0.05, 0) is 43.6 Å². The van der Waals surface area contributed by atoms with Gasteiger partial charge in [0.2, 0.25) is 5.91 Å². The van der Waals surface area contributed by atoms with Gasteiger partial charge in [-0.2, -0.15) is 0 Å². The Hall–Kier alpha value is -1.89. The average Bonchev–Trinajstić information content (AvgIpc) is 3.27. The molecule has 3 rings (SSSR count). The Labute approximate surface area is 144 Å². The molecule has 2 aliphatic carbocycles. The lowest BCUT2D eigenvalue weighted by molar-refractivity contribution is -0.148. The maximum Gasteiger partial charge on any atom is 0.340 e. The molecular weight excluding hydrogens is 330 g/mol. The predicted octanol–water partition coefficient (Wildman–Crippen LogP) is 2.78. The Morgan fingerprint density at radius 3 is 2.54 bits per heavy atom. The molecule has 0 unspecified atom stereocenters. The van der Waals surface area contributed by atoms with Crippen LogP contribution in [0.1, 0.15) is 41.4 Å². The number of fused-ring (bicyclic) bond motifs is 2.